The van der Waals surface area contributed by atoms with Crippen molar-refractivity contribution in [3.05, 3.63) is 39.7 Å². The Morgan fingerprint density at radius 3 is 2.90 bits per heavy atom. The smallest absolute Gasteiger partial charge is 0.272 e. The lowest BCUT2D eigenvalue weighted by molar-refractivity contribution is -0.385. The molecule has 1 aliphatic rings. The van der Waals surface area contributed by atoms with E-state index >= 15 is 0 Å². The number of piperidine rings is 1. The van der Waals surface area contributed by atoms with E-state index in [-0.39, 0.29) is 11.7 Å². The highest BCUT2D eigenvalue weighted by Crippen LogP contribution is 2.25. The van der Waals surface area contributed by atoms with Crippen molar-refractivity contribution in [1.82, 2.24) is 4.90 Å². The Bertz CT molecular complexity index is 495. The molecule has 2 unspecified atom stereocenters. The van der Waals surface area contributed by atoms with Crippen LogP contribution in [-0.4, -0.2) is 29.0 Å². The summed E-state index contributed by atoms with van der Waals surface area (Å²) in [5, 5.41) is 10.8. The van der Waals surface area contributed by atoms with Gasteiger partial charge in [0.2, 0.25) is 0 Å². The molecule has 2 N–H and O–H groups in total. The molecule has 0 saturated carbocycles. The molecule has 1 saturated heterocycles. The Morgan fingerprint density at radius 2 is 2.25 bits per heavy atom. The molecule has 1 fully saturated rings. The van der Waals surface area contributed by atoms with Gasteiger partial charge in [0.05, 0.1) is 11.0 Å². The summed E-state index contributed by atoms with van der Waals surface area (Å²) in [5.41, 5.74) is 6.22. The average Bonchev–Trinajstić information content (AvgIpc) is 2.40. The highest BCUT2D eigenvalue weighted by atomic mass is 19.1. The zero-order chi connectivity index (χ0) is 14.7. The van der Waals surface area contributed by atoms with E-state index in [1.807, 2.05) is 0 Å². The molecule has 1 aromatic carbocycles. The second-order valence-corrected chi connectivity index (χ2v) is 5.56. The van der Waals surface area contributed by atoms with Crippen LogP contribution in [0, 0.1) is 21.8 Å². The summed E-state index contributed by atoms with van der Waals surface area (Å²) in [6.45, 7) is 4.16. The predicted octanol–water partition coefficient (Wildman–Crippen LogP) is 2.29. The second kappa shape index (κ2) is 6.28. The maximum absolute atomic E-state index is 13.4. The summed E-state index contributed by atoms with van der Waals surface area (Å²) >= 11 is 0. The van der Waals surface area contributed by atoms with E-state index < -0.39 is 10.7 Å². The molecule has 2 atom stereocenters. The number of nitro benzene ring substituents is 1. The van der Waals surface area contributed by atoms with Gasteiger partial charge in [-0.1, -0.05) is 6.92 Å². The van der Waals surface area contributed by atoms with Crippen LogP contribution < -0.4 is 5.73 Å². The van der Waals surface area contributed by atoms with E-state index in [2.05, 4.69) is 11.8 Å². The Labute approximate surface area is 117 Å². The standard InChI is InChI=1S/C14H20FN3O2/c1-10-2-3-17(14(4-10)8-16)9-11-5-12(15)7-13(6-11)18(19)20/h5-7,10,14H,2-4,8-9,16H2,1H3. The molecule has 0 aromatic heterocycles. The van der Waals surface area contributed by atoms with Crippen LogP contribution in [0.2, 0.25) is 0 Å². The van der Waals surface area contributed by atoms with Crippen molar-refractivity contribution in [3.8, 4) is 0 Å². The molecule has 0 aliphatic carbocycles. The lowest BCUT2D eigenvalue weighted by Gasteiger charge is -2.38. The van der Waals surface area contributed by atoms with Gasteiger partial charge in [-0.25, -0.2) is 4.39 Å². The van der Waals surface area contributed by atoms with E-state index in [1.165, 1.54) is 12.1 Å². The third-order valence-electron chi connectivity index (χ3n) is 3.91. The number of non-ortho nitro benzene ring substituents is 1. The molecule has 0 radical (unpaired) electrons. The van der Waals surface area contributed by atoms with Crippen LogP contribution in [0.3, 0.4) is 0 Å². The highest BCUT2D eigenvalue weighted by molar-refractivity contribution is 5.35. The van der Waals surface area contributed by atoms with Crippen LogP contribution in [0.4, 0.5) is 10.1 Å². The summed E-state index contributed by atoms with van der Waals surface area (Å²) in [6.07, 6.45) is 2.10. The number of likely N-dealkylation sites (tertiary alicyclic amines) is 1. The summed E-state index contributed by atoms with van der Waals surface area (Å²) in [4.78, 5) is 12.4. The number of hydrogen-bond donors (Lipinski definition) is 1. The van der Waals surface area contributed by atoms with Crippen molar-refractivity contribution < 1.29 is 9.31 Å². The normalized spacial score (nSPS) is 23.8. The molecule has 0 amide bonds. The van der Waals surface area contributed by atoms with Gasteiger partial charge in [-0.15, -0.1) is 0 Å². The van der Waals surface area contributed by atoms with E-state index in [9.17, 15) is 14.5 Å². The average molecular weight is 281 g/mol. The minimum Gasteiger partial charge on any atom is -0.329 e. The van der Waals surface area contributed by atoms with Gasteiger partial charge in [-0.3, -0.25) is 15.0 Å². The number of nitrogens with two attached hydrogens (primary N) is 1. The topological polar surface area (TPSA) is 72.4 Å². The van der Waals surface area contributed by atoms with Gasteiger partial charge in [0.15, 0.2) is 0 Å². The number of nitro groups is 1. The van der Waals surface area contributed by atoms with Crippen molar-refractivity contribution in [2.24, 2.45) is 11.7 Å². The van der Waals surface area contributed by atoms with Crippen molar-refractivity contribution in [2.75, 3.05) is 13.1 Å². The first-order valence-electron chi connectivity index (χ1n) is 6.87. The molecule has 20 heavy (non-hydrogen) atoms. The van der Waals surface area contributed by atoms with Gasteiger partial charge in [-0.2, -0.15) is 0 Å². The molecule has 110 valence electrons. The number of nitrogens with zero attached hydrogens (tertiary/aromatic N) is 2. The molecule has 6 heteroatoms. The highest BCUT2D eigenvalue weighted by Gasteiger charge is 2.25. The zero-order valence-electron chi connectivity index (χ0n) is 11.6. The van der Waals surface area contributed by atoms with Crippen LogP contribution in [0.5, 0.6) is 0 Å². The number of rotatable bonds is 4. The summed E-state index contributed by atoms with van der Waals surface area (Å²) in [7, 11) is 0. The second-order valence-electron chi connectivity index (χ2n) is 5.56. The largest absolute Gasteiger partial charge is 0.329 e. The van der Waals surface area contributed by atoms with Crippen molar-refractivity contribution in [3.63, 3.8) is 0 Å². The Hall–Kier alpha value is -1.53. The Kier molecular flexibility index (Phi) is 4.67. The fourth-order valence-corrected chi connectivity index (χ4v) is 2.82. The van der Waals surface area contributed by atoms with Crippen LogP contribution in [0.15, 0.2) is 18.2 Å². The van der Waals surface area contributed by atoms with Crippen LogP contribution >= 0.6 is 0 Å². The Morgan fingerprint density at radius 1 is 1.50 bits per heavy atom. The molecule has 2 rings (SSSR count). The quantitative estimate of drug-likeness (QED) is 0.679. The minimum absolute atomic E-state index is 0.199. The maximum atomic E-state index is 13.4. The van der Waals surface area contributed by atoms with Gasteiger partial charge >= 0.3 is 0 Å². The van der Waals surface area contributed by atoms with Crippen LogP contribution in [-0.2, 0) is 6.54 Å². The van der Waals surface area contributed by atoms with Crippen molar-refractivity contribution in [2.45, 2.75) is 32.4 Å². The summed E-state index contributed by atoms with van der Waals surface area (Å²) in [6, 6.07) is 4.01. The maximum Gasteiger partial charge on any atom is 0.272 e. The van der Waals surface area contributed by atoms with Gasteiger partial charge in [0, 0.05) is 25.2 Å². The lowest BCUT2D eigenvalue weighted by atomic mass is 9.92. The molecule has 0 spiro atoms. The minimum atomic E-state index is -0.566. The van der Waals surface area contributed by atoms with Crippen molar-refractivity contribution in [1.29, 1.82) is 0 Å². The fraction of sp³-hybridized carbons (Fsp3) is 0.571. The van der Waals surface area contributed by atoms with Crippen LogP contribution in [0.1, 0.15) is 25.3 Å². The van der Waals surface area contributed by atoms with Crippen molar-refractivity contribution >= 4 is 5.69 Å². The zero-order valence-corrected chi connectivity index (χ0v) is 11.6. The molecule has 1 aliphatic heterocycles. The lowest BCUT2D eigenvalue weighted by Crippen LogP contribution is -2.45. The van der Waals surface area contributed by atoms with Gasteiger partial charge < -0.3 is 5.73 Å². The van der Waals surface area contributed by atoms with E-state index in [4.69, 9.17) is 5.73 Å². The fourth-order valence-electron chi connectivity index (χ4n) is 2.82. The first-order valence-corrected chi connectivity index (χ1v) is 6.87. The number of halogens is 1. The number of hydrogen-bond acceptors (Lipinski definition) is 4. The third kappa shape index (κ3) is 3.52. The van der Waals surface area contributed by atoms with Gasteiger partial charge in [0.1, 0.15) is 5.82 Å². The van der Waals surface area contributed by atoms with E-state index in [1.54, 1.807) is 0 Å². The first kappa shape index (κ1) is 14.9. The van der Waals surface area contributed by atoms with E-state index in [0.29, 0.717) is 24.6 Å². The molecule has 5 nitrogen and oxygen atoms in total. The molecular weight excluding hydrogens is 261 g/mol. The molecule has 1 heterocycles. The van der Waals surface area contributed by atoms with E-state index in [0.717, 1.165) is 25.5 Å². The Balaban J connectivity index is 2.14. The molecular formula is C14H20FN3O2. The third-order valence-corrected chi connectivity index (χ3v) is 3.91. The van der Waals surface area contributed by atoms with Crippen LogP contribution in [0.25, 0.3) is 0 Å². The first-order chi connectivity index (χ1) is 9.49. The molecule has 1 aromatic rings. The number of benzene rings is 1. The SMILES string of the molecule is CC1CCN(Cc2cc(F)cc([N+](=O)[O-])c2)C(CN)C1. The summed E-state index contributed by atoms with van der Waals surface area (Å²) < 4.78 is 13.4. The van der Waals surface area contributed by atoms with Gasteiger partial charge in [0.25, 0.3) is 5.69 Å². The van der Waals surface area contributed by atoms with Gasteiger partial charge in [-0.05, 0) is 36.9 Å². The summed E-state index contributed by atoms with van der Waals surface area (Å²) in [5.74, 6) is 0.0746. The monoisotopic (exact) mass is 281 g/mol. The molecule has 0 bridgehead atoms. The predicted molar refractivity (Wildman–Crippen MR) is 74.7 cm³/mol.